The SMILES string of the molecule is N#Cc1ncccc1NCCN1CCOCC1. The van der Waals surface area contributed by atoms with Gasteiger partial charge in [-0.25, -0.2) is 4.98 Å². The van der Waals surface area contributed by atoms with E-state index in [0.717, 1.165) is 45.1 Å². The van der Waals surface area contributed by atoms with Crippen molar-refractivity contribution in [3.8, 4) is 6.07 Å². The number of aromatic nitrogens is 1. The lowest BCUT2D eigenvalue weighted by molar-refractivity contribution is 0.0398. The van der Waals surface area contributed by atoms with E-state index in [4.69, 9.17) is 10.00 Å². The van der Waals surface area contributed by atoms with Crippen LogP contribution in [0.4, 0.5) is 5.69 Å². The molecule has 0 saturated carbocycles. The lowest BCUT2D eigenvalue weighted by Gasteiger charge is -2.26. The van der Waals surface area contributed by atoms with Crippen LogP contribution in [0, 0.1) is 11.3 Å². The fourth-order valence-corrected chi connectivity index (χ4v) is 1.81. The average Bonchev–Trinajstić information content (AvgIpc) is 2.40. The molecular weight excluding hydrogens is 216 g/mol. The molecule has 0 radical (unpaired) electrons. The highest BCUT2D eigenvalue weighted by atomic mass is 16.5. The minimum absolute atomic E-state index is 0.453. The van der Waals surface area contributed by atoms with Crippen molar-refractivity contribution in [1.82, 2.24) is 9.88 Å². The Kier molecular flexibility index (Phi) is 4.30. The van der Waals surface area contributed by atoms with Gasteiger partial charge in [0.25, 0.3) is 0 Å². The molecule has 2 rings (SSSR count). The molecule has 5 nitrogen and oxygen atoms in total. The molecule has 0 bridgehead atoms. The standard InChI is InChI=1S/C12H16N4O/c13-10-12-11(2-1-3-14-12)15-4-5-16-6-8-17-9-7-16/h1-3,15H,4-9H2. The molecule has 1 N–H and O–H groups in total. The molecular formula is C12H16N4O. The summed E-state index contributed by atoms with van der Waals surface area (Å²) in [6.45, 7) is 5.38. The lowest BCUT2D eigenvalue weighted by Crippen LogP contribution is -2.39. The summed E-state index contributed by atoms with van der Waals surface area (Å²) >= 11 is 0. The molecule has 1 aromatic rings. The number of nitrogens with one attached hydrogen (secondary N) is 1. The number of morpholine rings is 1. The second-order valence-corrected chi connectivity index (χ2v) is 3.89. The number of anilines is 1. The maximum atomic E-state index is 8.89. The zero-order valence-electron chi connectivity index (χ0n) is 9.72. The van der Waals surface area contributed by atoms with Crippen LogP contribution in [-0.4, -0.2) is 49.3 Å². The molecule has 0 spiro atoms. The molecule has 1 saturated heterocycles. The summed E-state index contributed by atoms with van der Waals surface area (Å²) in [5.74, 6) is 0. The Morgan fingerprint density at radius 3 is 3.06 bits per heavy atom. The maximum absolute atomic E-state index is 8.89. The minimum Gasteiger partial charge on any atom is -0.381 e. The summed E-state index contributed by atoms with van der Waals surface area (Å²) in [6.07, 6.45) is 1.63. The summed E-state index contributed by atoms with van der Waals surface area (Å²) in [5.41, 5.74) is 1.26. The van der Waals surface area contributed by atoms with Gasteiger partial charge < -0.3 is 10.1 Å². The smallest absolute Gasteiger partial charge is 0.163 e. The van der Waals surface area contributed by atoms with Gasteiger partial charge in [-0.2, -0.15) is 5.26 Å². The molecule has 1 aromatic heterocycles. The van der Waals surface area contributed by atoms with Crippen LogP contribution >= 0.6 is 0 Å². The Labute approximate surface area is 101 Å². The van der Waals surface area contributed by atoms with Gasteiger partial charge in [-0.1, -0.05) is 0 Å². The summed E-state index contributed by atoms with van der Waals surface area (Å²) < 4.78 is 5.29. The second kappa shape index (κ2) is 6.18. The molecule has 0 amide bonds. The van der Waals surface area contributed by atoms with Gasteiger partial charge in [-0.3, -0.25) is 4.90 Å². The molecule has 0 unspecified atom stereocenters. The Morgan fingerprint density at radius 2 is 2.29 bits per heavy atom. The Morgan fingerprint density at radius 1 is 1.47 bits per heavy atom. The van der Waals surface area contributed by atoms with Gasteiger partial charge in [0.1, 0.15) is 6.07 Å². The first-order chi connectivity index (χ1) is 8.40. The third-order valence-corrected chi connectivity index (χ3v) is 2.76. The number of nitrogens with zero attached hydrogens (tertiary/aromatic N) is 3. The second-order valence-electron chi connectivity index (χ2n) is 3.89. The summed E-state index contributed by atoms with van der Waals surface area (Å²) in [7, 11) is 0. The Bertz CT molecular complexity index is 396. The van der Waals surface area contributed by atoms with Crippen molar-refractivity contribution in [1.29, 1.82) is 5.26 Å². The van der Waals surface area contributed by atoms with Gasteiger partial charge in [0.2, 0.25) is 0 Å². The summed E-state index contributed by atoms with van der Waals surface area (Å²) in [5, 5.41) is 12.1. The highest BCUT2D eigenvalue weighted by Gasteiger charge is 2.09. The molecule has 1 fully saturated rings. The van der Waals surface area contributed by atoms with Crippen molar-refractivity contribution in [2.24, 2.45) is 0 Å². The molecule has 90 valence electrons. The first kappa shape index (κ1) is 11.8. The van der Waals surface area contributed by atoms with Gasteiger partial charge in [0.15, 0.2) is 5.69 Å². The van der Waals surface area contributed by atoms with Crippen LogP contribution in [-0.2, 0) is 4.74 Å². The van der Waals surface area contributed by atoms with E-state index in [-0.39, 0.29) is 0 Å². The van der Waals surface area contributed by atoms with E-state index in [1.807, 2.05) is 12.1 Å². The zero-order chi connectivity index (χ0) is 11.9. The number of hydrogen-bond donors (Lipinski definition) is 1. The van der Waals surface area contributed by atoms with Gasteiger partial charge in [-0.05, 0) is 12.1 Å². The van der Waals surface area contributed by atoms with Crippen molar-refractivity contribution in [3.63, 3.8) is 0 Å². The number of ether oxygens (including phenoxy) is 1. The van der Waals surface area contributed by atoms with Gasteiger partial charge in [0.05, 0.1) is 18.9 Å². The van der Waals surface area contributed by atoms with E-state index in [1.54, 1.807) is 6.20 Å². The monoisotopic (exact) mass is 232 g/mol. The largest absolute Gasteiger partial charge is 0.381 e. The van der Waals surface area contributed by atoms with E-state index in [1.165, 1.54) is 0 Å². The summed E-state index contributed by atoms with van der Waals surface area (Å²) in [6, 6.07) is 5.79. The topological polar surface area (TPSA) is 61.2 Å². The maximum Gasteiger partial charge on any atom is 0.163 e. The molecule has 2 heterocycles. The number of rotatable bonds is 4. The number of nitriles is 1. The zero-order valence-corrected chi connectivity index (χ0v) is 9.72. The van der Waals surface area contributed by atoms with Gasteiger partial charge >= 0.3 is 0 Å². The lowest BCUT2D eigenvalue weighted by atomic mass is 10.3. The van der Waals surface area contributed by atoms with Crippen LogP contribution in [0.1, 0.15) is 5.69 Å². The number of hydrogen-bond acceptors (Lipinski definition) is 5. The van der Waals surface area contributed by atoms with Crippen molar-refractivity contribution < 1.29 is 4.74 Å². The van der Waals surface area contributed by atoms with Gasteiger partial charge in [0, 0.05) is 32.4 Å². The normalized spacial score (nSPS) is 16.4. The third-order valence-electron chi connectivity index (χ3n) is 2.76. The van der Waals surface area contributed by atoms with E-state index in [0.29, 0.717) is 5.69 Å². The van der Waals surface area contributed by atoms with Crippen LogP contribution in [0.25, 0.3) is 0 Å². The van der Waals surface area contributed by atoms with Crippen LogP contribution in [0.2, 0.25) is 0 Å². The van der Waals surface area contributed by atoms with Crippen LogP contribution in [0.5, 0.6) is 0 Å². The summed E-state index contributed by atoms with van der Waals surface area (Å²) in [4.78, 5) is 6.35. The predicted octanol–water partition coefficient (Wildman–Crippen LogP) is 0.697. The third kappa shape index (κ3) is 3.41. The molecule has 0 aromatic carbocycles. The highest BCUT2D eigenvalue weighted by Crippen LogP contribution is 2.10. The van der Waals surface area contributed by atoms with Crippen molar-refractivity contribution in [2.45, 2.75) is 0 Å². The Balaban J connectivity index is 1.79. The first-order valence-corrected chi connectivity index (χ1v) is 5.79. The van der Waals surface area contributed by atoms with Crippen molar-refractivity contribution >= 4 is 5.69 Å². The van der Waals surface area contributed by atoms with Crippen molar-refractivity contribution in [3.05, 3.63) is 24.0 Å². The molecule has 1 aliphatic heterocycles. The van der Waals surface area contributed by atoms with E-state index < -0.39 is 0 Å². The minimum atomic E-state index is 0.453. The molecule has 1 aliphatic rings. The van der Waals surface area contributed by atoms with E-state index >= 15 is 0 Å². The van der Waals surface area contributed by atoms with E-state index in [9.17, 15) is 0 Å². The molecule has 5 heteroatoms. The first-order valence-electron chi connectivity index (χ1n) is 5.79. The van der Waals surface area contributed by atoms with Gasteiger partial charge in [-0.15, -0.1) is 0 Å². The van der Waals surface area contributed by atoms with Crippen LogP contribution in [0.15, 0.2) is 18.3 Å². The molecule has 0 atom stereocenters. The highest BCUT2D eigenvalue weighted by molar-refractivity contribution is 5.53. The van der Waals surface area contributed by atoms with Crippen LogP contribution < -0.4 is 5.32 Å². The fraction of sp³-hybridized carbons (Fsp3) is 0.500. The average molecular weight is 232 g/mol. The molecule has 17 heavy (non-hydrogen) atoms. The predicted molar refractivity (Wildman–Crippen MR) is 64.7 cm³/mol. The Hall–Kier alpha value is -1.64. The quantitative estimate of drug-likeness (QED) is 0.828. The fourth-order valence-electron chi connectivity index (χ4n) is 1.81. The molecule has 0 aliphatic carbocycles. The number of pyridine rings is 1. The van der Waals surface area contributed by atoms with Crippen LogP contribution in [0.3, 0.4) is 0 Å². The van der Waals surface area contributed by atoms with Crippen molar-refractivity contribution in [2.75, 3.05) is 44.7 Å². The van der Waals surface area contributed by atoms with E-state index in [2.05, 4.69) is 21.3 Å².